The van der Waals surface area contributed by atoms with Gasteiger partial charge in [0.2, 0.25) is 0 Å². The van der Waals surface area contributed by atoms with E-state index in [1.54, 1.807) is 12.1 Å². The third kappa shape index (κ3) is 8.84. The van der Waals surface area contributed by atoms with Crippen molar-refractivity contribution in [2.24, 2.45) is 0 Å². The molecule has 1 aromatic carbocycles. The van der Waals surface area contributed by atoms with Gasteiger partial charge in [-0.05, 0) is 30.7 Å². The van der Waals surface area contributed by atoms with Crippen LogP contribution >= 0.6 is 0 Å². The Morgan fingerprint density at radius 2 is 1.90 bits per heavy atom. The monoisotopic (exact) mass is 431 g/mol. The fourth-order valence-electron chi connectivity index (χ4n) is 3.36. The zero-order chi connectivity index (χ0) is 22.9. The second-order valence-corrected chi connectivity index (χ2v) is 8.84. The Morgan fingerprint density at radius 3 is 2.58 bits per heavy atom. The molecule has 0 saturated carbocycles. The number of likely N-dealkylation sites (N-methyl/N-ethyl adjacent to an activating group) is 1. The third-order valence-electron chi connectivity index (χ3n) is 4.74. The SMILES string of the molecule is CCCCCCOc1cccc(-c2ccc(C(=O)N[C@H](CC(=O)O)C[N+](C)(C)C)o2)c1. The van der Waals surface area contributed by atoms with Gasteiger partial charge in [0.1, 0.15) is 11.5 Å². The number of nitrogens with zero attached hydrogens (tertiary/aromatic N) is 1. The van der Waals surface area contributed by atoms with E-state index in [1.165, 1.54) is 12.8 Å². The van der Waals surface area contributed by atoms with Crippen molar-refractivity contribution in [3.8, 4) is 17.1 Å². The molecule has 1 atom stereocenters. The smallest absolute Gasteiger partial charge is 0.305 e. The molecule has 1 aromatic heterocycles. The molecule has 0 unspecified atom stereocenters. The van der Waals surface area contributed by atoms with E-state index in [0.717, 1.165) is 24.2 Å². The van der Waals surface area contributed by atoms with E-state index < -0.39 is 17.9 Å². The average Bonchev–Trinajstić information content (AvgIpc) is 3.16. The number of benzene rings is 1. The number of aliphatic carboxylic acids is 1. The molecule has 0 aliphatic heterocycles. The molecule has 170 valence electrons. The first kappa shape index (κ1) is 24.5. The topological polar surface area (TPSA) is 88.8 Å². The van der Waals surface area contributed by atoms with E-state index >= 15 is 0 Å². The molecule has 0 saturated heterocycles. The number of carboxylic acid groups (broad SMARTS) is 1. The van der Waals surface area contributed by atoms with Crippen molar-refractivity contribution in [2.75, 3.05) is 34.3 Å². The second-order valence-electron chi connectivity index (χ2n) is 8.84. The van der Waals surface area contributed by atoms with Crippen molar-refractivity contribution < 1.29 is 28.3 Å². The molecule has 0 aliphatic carbocycles. The van der Waals surface area contributed by atoms with Gasteiger partial charge in [-0.2, -0.15) is 0 Å². The highest BCUT2D eigenvalue weighted by molar-refractivity contribution is 5.92. The first-order valence-corrected chi connectivity index (χ1v) is 10.8. The molecule has 2 aromatic rings. The number of unbranched alkanes of at least 4 members (excludes halogenated alkanes) is 3. The summed E-state index contributed by atoms with van der Waals surface area (Å²) < 4.78 is 12.1. The van der Waals surface area contributed by atoms with Gasteiger partial charge in [-0.3, -0.25) is 9.59 Å². The van der Waals surface area contributed by atoms with Gasteiger partial charge in [0.15, 0.2) is 5.76 Å². The standard InChI is InChI=1S/C24H34N2O5/c1-5-6-7-8-14-30-20-11-9-10-18(15-20)21-12-13-22(31-21)24(29)25-19(16-23(27)28)17-26(2,3)4/h9-13,15,19H,5-8,14,16-17H2,1-4H3,(H-,25,27,28,29)/p+1/t19-/m1/s1. The maximum absolute atomic E-state index is 12.6. The summed E-state index contributed by atoms with van der Waals surface area (Å²) in [6.45, 7) is 3.34. The molecule has 2 N–H and O–H groups in total. The van der Waals surface area contributed by atoms with Crippen molar-refractivity contribution in [3.63, 3.8) is 0 Å². The quantitative estimate of drug-likeness (QED) is 0.367. The Labute approximate surface area is 184 Å². The van der Waals surface area contributed by atoms with Crippen LogP contribution in [0.25, 0.3) is 11.3 Å². The highest BCUT2D eigenvalue weighted by Gasteiger charge is 2.24. The number of quaternary nitrogens is 1. The Hall–Kier alpha value is -2.80. The minimum atomic E-state index is -0.953. The number of hydrogen-bond acceptors (Lipinski definition) is 4. The van der Waals surface area contributed by atoms with E-state index in [2.05, 4.69) is 12.2 Å². The minimum Gasteiger partial charge on any atom is -0.494 e. The number of hydrogen-bond donors (Lipinski definition) is 2. The maximum atomic E-state index is 12.6. The van der Waals surface area contributed by atoms with Crippen LogP contribution < -0.4 is 10.1 Å². The number of ether oxygens (including phenoxy) is 1. The molecule has 7 nitrogen and oxygen atoms in total. The molecule has 2 rings (SSSR count). The van der Waals surface area contributed by atoms with Crippen LogP contribution in [0.4, 0.5) is 0 Å². The predicted octanol–water partition coefficient (Wildman–Crippen LogP) is 4.19. The van der Waals surface area contributed by atoms with Crippen molar-refractivity contribution in [3.05, 3.63) is 42.2 Å². The molecular weight excluding hydrogens is 396 g/mol. The van der Waals surface area contributed by atoms with E-state index in [0.29, 0.717) is 23.4 Å². The van der Waals surface area contributed by atoms with Crippen LogP contribution in [0.5, 0.6) is 5.75 Å². The molecular formula is C24H35N2O5+. The molecule has 1 amide bonds. The summed E-state index contributed by atoms with van der Waals surface area (Å²) in [4.78, 5) is 23.8. The highest BCUT2D eigenvalue weighted by Crippen LogP contribution is 2.26. The third-order valence-corrected chi connectivity index (χ3v) is 4.74. The lowest BCUT2D eigenvalue weighted by molar-refractivity contribution is -0.871. The molecule has 0 bridgehead atoms. The number of carboxylic acids is 1. The van der Waals surface area contributed by atoms with Crippen LogP contribution in [0.3, 0.4) is 0 Å². The largest absolute Gasteiger partial charge is 0.494 e. The number of furan rings is 1. The van der Waals surface area contributed by atoms with Crippen LogP contribution in [-0.2, 0) is 4.79 Å². The normalized spacial score (nSPS) is 12.4. The van der Waals surface area contributed by atoms with Crippen LogP contribution in [-0.4, -0.2) is 61.8 Å². The summed E-state index contributed by atoms with van der Waals surface area (Å²) in [6.07, 6.45) is 4.43. The molecule has 7 heteroatoms. The Balaban J connectivity index is 2.02. The Morgan fingerprint density at radius 1 is 1.13 bits per heavy atom. The van der Waals surface area contributed by atoms with E-state index in [-0.39, 0.29) is 12.2 Å². The average molecular weight is 432 g/mol. The lowest BCUT2D eigenvalue weighted by Crippen LogP contribution is -2.49. The van der Waals surface area contributed by atoms with Crippen molar-refractivity contribution in [1.82, 2.24) is 5.32 Å². The summed E-state index contributed by atoms with van der Waals surface area (Å²) in [5, 5.41) is 11.9. The number of amides is 1. The summed E-state index contributed by atoms with van der Waals surface area (Å²) in [7, 11) is 5.85. The van der Waals surface area contributed by atoms with Gasteiger partial charge in [-0.15, -0.1) is 0 Å². The van der Waals surface area contributed by atoms with Gasteiger partial charge in [0.05, 0.1) is 46.8 Å². The lowest BCUT2D eigenvalue weighted by Gasteiger charge is -2.28. The first-order valence-electron chi connectivity index (χ1n) is 10.8. The fraction of sp³-hybridized carbons (Fsp3) is 0.500. The number of rotatable bonds is 13. The summed E-state index contributed by atoms with van der Waals surface area (Å²) in [5.41, 5.74) is 0.818. The molecule has 0 aliphatic rings. The Bertz CT molecular complexity index is 854. The predicted molar refractivity (Wildman–Crippen MR) is 120 cm³/mol. The number of carbonyl (C=O) groups is 2. The van der Waals surface area contributed by atoms with E-state index in [1.807, 2.05) is 45.4 Å². The second kappa shape index (κ2) is 11.6. The fourth-order valence-corrected chi connectivity index (χ4v) is 3.36. The van der Waals surface area contributed by atoms with Gasteiger partial charge in [0, 0.05) is 5.56 Å². The zero-order valence-corrected chi connectivity index (χ0v) is 19.0. The van der Waals surface area contributed by atoms with Crippen LogP contribution in [0.15, 0.2) is 40.8 Å². The lowest BCUT2D eigenvalue weighted by atomic mass is 10.1. The van der Waals surface area contributed by atoms with E-state index in [4.69, 9.17) is 14.3 Å². The first-order chi connectivity index (χ1) is 14.7. The molecule has 0 spiro atoms. The summed E-state index contributed by atoms with van der Waals surface area (Å²) in [6, 6.07) is 10.4. The number of nitrogens with one attached hydrogen (secondary N) is 1. The van der Waals surface area contributed by atoms with Crippen LogP contribution in [0.2, 0.25) is 0 Å². The van der Waals surface area contributed by atoms with Crippen LogP contribution in [0.1, 0.15) is 49.6 Å². The van der Waals surface area contributed by atoms with Crippen molar-refractivity contribution >= 4 is 11.9 Å². The number of carbonyl (C=O) groups excluding carboxylic acids is 1. The summed E-state index contributed by atoms with van der Waals surface area (Å²) in [5.74, 6) is 0.0983. The van der Waals surface area contributed by atoms with Gasteiger partial charge in [-0.1, -0.05) is 38.3 Å². The molecule has 31 heavy (non-hydrogen) atoms. The van der Waals surface area contributed by atoms with Gasteiger partial charge in [-0.25, -0.2) is 0 Å². The Kier molecular flexibility index (Phi) is 9.12. The van der Waals surface area contributed by atoms with Crippen molar-refractivity contribution in [1.29, 1.82) is 0 Å². The molecule has 0 radical (unpaired) electrons. The van der Waals surface area contributed by atoms with Crippen molar-refractivity contribution in [2.45, 2.75) is 45.1 Å². The van der Waals surface area contributed by atoms with Gasteiger partial charge in [0.25, 0.3) is 5.91 Å². The van der Waals surface area contributed by atoms with E-state index in [9.17, 15) is 9.59 Å². The highest BCUT2D eigenvalue weighted by atomic mass is 16.5. The maximum Gasteiger partial charge on any atom is 0.305 e. The van der Waals surface area contributed by atoms with Gasteiger partial charge >= 0.3 is 5.97 Å². The molecule has 1 heterocycles. The van der Waals surface area contributed by atoms with Gasteiger partial charge < -0.3 is 24.1 Å². The zero-order valence-electron chi connectivity index (χ0n) is 19.0. The molecule has 0 fully saturated rings. The summed E-state index contributed by atoms with van der Waals surface area (Å²) >= 11 is 0. The van der Waals surface area contributed by atoms with Crippen LogP contribution in [0, 0.1) is 0 Å². The minimum absolute atomic E-state index is 0.146.